The average Bonchev–Trinajstić information content (AvgIpc) is 2.66. The Hall–Kier alpha value is -2.50. The SMILES string of the molecule is CCOC(=O)CSC1=C(C#N)[C@H](c2ccccc2Cl)[C@H](C(=O)OCC)C(=O)N1. The molecule has 1 aliphatic heterocycles. The Morgan fingerprint density at radius 3 is 2.54 bits per heavy atom. The number of ether oxygens (including phenoxy) is 2. The van der Waals surface area contributed by atoms with Crippen molar-refractivity contribution in [1.29, 1.82) is 5.26 Å². The molecule has 1 heterocycles. The molecule has 0 aromatic heterocycles. The molecule has 0 bridgehead atoms. The lowest BCUT2D eigenvalue weighted by molar-refractivity contribution is -0.153. The predicted octanol–water partition coefficient (Wildman–Crippen LogP) is 2.76. The lowest BCUT2D eigenvalue weighted by Crippen LogP contribution is -2.44. The Labute approximate surface area is 172 Å². The van der Waals surface area contributed by atoms with Crippen LogP contribution in [-0.2, 0) is 23.9 Å². The fraction of sp³-hybridized carbons (Fsp3) is 0.368. The monoisotopic (exact) mass is 422 g/mol. The van der Waals surface area contributed by atoms with Crippen molar-refractivity contribution in [1.82, 2.24) is 5.32 Å². The average molecular weight is 423 g/mol. The normalized spacial score (nSPS) is 18.9. The van der Waals surface area contributed by atoms with Crippen molar-refractivity contribution in [3.63, 3.8) is 0 Å². The molecular weight excluding hydrogens is 404 g/mol. The first-order valence-electron chi connectivity index (χ1n) is 8.59. The van der Waals surface area contributed by atoms with Gasteiger partial charge in [-0.3, -0.25) is 14.4 Å². The number of allylic oxidation sites excluding steroid dienone is 1. The summed E-state index contributed by atoms with van der Waals surface area (Å²) in [4.78, 5) is 36.9. The third kappa shape index (κ3) is 4.86. The van der Waals surface area contributed by atoms with Crippen molar-refractivity contribution in [3.8, 4) is 6.07 Å². The molecule has 0 aliphatic carbocycles. The molecule has 0 unspecified atom stereocenters. The Kier molecular flexibility index (Phi) is 7.91. The first-order valence-corrected chi connectivity index (χ1v) is 9.95. The number of carbonyl (C=O) groups excluding carboxylic acids is 3. The number of rotatable bonds is 7. The second-order valence-electron chi connectivity index (χ2n) is 5.67. The van der Waals surface area contributed by atoms with Crippen LogP contribution in [-0.4, -0.2) is 36.8 Å². The molecule has 1 aliphatic rings. The number of nitrogens with zero attached hydrogens (tertiary/aromatic N) is 1. The number of halogens is 1. The summed E-state index contributed by atoms with van der Waals surface area (Å²) < 4.78 is 9.92. The summed E-state index contributed by atoms with van der Waals surface area (Å²) in [5.41, 5.74) is 0.600. The summed E-state index contributed by atoms with van der Waals surface area (Å²) >= 11 is 7.26. The van der Waals surface area contributed by atoms with Gasteiger partial charge in [-0.25, -0.2) is 0 Å². The summed E-state index contributed by atoms with van der Waals surface area (Å²) in [6.45, 7) is 3.63. The van der Waals surface area contributed by atoms with E-state index in [2.05, 4.69) is 11.4 Å². The Morgan fingerprint density at radius 2 is 1.93 bits per heavy atom. The molecule has 0 spiro atoms. The van der Waals surface area contributed by atoms with Crippen LogP contribution in [0.5, 0.6) is 0 Å². The van der Waals surface area contributed by atoms with Crippen molar-refractivity contribution < 1.29 is 23.9 Å². The van der Waals surface area contributed by atoms with Gasteiger partial charge in [-0.1, -0.05) is 41.6 Å². The lowest BCUT2D eigenvalue weighted by Gasteiger charge is -2.31. The van der Waals surface area contributed by atoms with E-state index in [1.54, 1.807) is 38.1 Å². The molecule has 0 fully saturated rings. The summed E-state index contributed by atoms with van der Waals surface area (Å²) in [5, 5.41) is 12.9. The van der Waals surface area contributed by atoms with E-state index in [4.69, 9.17) is 21.1 Å². The largest absolute Gasteiger partial charge is 0.465 e. The number of thioether (sulfide) groups is 1. The van der Waals surface area contributed by atoms with E-state index in [0.717, 1.165) is 11.8 Å². The summed E-state index contributed by atoms with van der Waals surface area (Å²) in [5.74, 6) is -4.11. The van der Waals surface area contributed by atoms with Gasteiger partial charge in [0.25, 0.3) is 0 Å². The maximum absolute atomic E-state index is 12.7. The van der Waals surface area contributed by atoms with Gasteiger partial charge in [-0.15, -0.1) is 0 Å². The summed E-state index contributed by atoms with van der Waals surface area (Å²) in [6, 6.07) is 8.74. The van der Waals surface area contributed by atoms with Gasteiger partial charge in [0.1, 0.15) is 5.92 Å². The van der Waals surface area contributed by atoms with E-state index in [1.165, 1.54) is 0 Å². The van der Waals surface area contributed by atoms with Crippen molar-refractivity contribution in [2.24, 2.45) is 5.92 Å². The van der Waals surface area contributed by atoms with Gasteiger partial charge in [0.2, 0.25) is 5.91 Å². The number of nitrogens with one attached hydrogen (secondary N) is 1. The number of carbonyl (C=O) groups is 3. The zero-order valence-corrected chi connectivity index (χ0v) is 16.9. The highest BCUT2D eigenvalue weighted by molar-refractivity contribution is 8.03. The van der Waals surface area contributed by atoms with Crippen molar-refractivity contribution in [3.05, 3.63) is 45.5 Å². The maximum atomic E-state index is 12.7. The van der Waals surface area contributed by atoms with Gasteiger partial charge in [0.05, 0.1) is 35.6 Å². The van der Waals surface area contributed by atoms with Crippen molar-refractivity contribution in [2.75, 3.05) is 19.0 Å². The van der Waals surface area contributed by atoms with Gasteiger partial charge in [-0.05, 0) is 25.5 Å². The number of nitriles is 1. The zero-order chi connectivity index (χ0) is 20.7. The standard InChI is InChI=1S/C19H19ClN2O5S/c1-3-26-14(23)10-28-18-12(9-21)15(11-7-5-6-8-13(11)20)16(17(24)22-18)19(25)27-4-2/h5-8,15-16H,3-4,10H2,1-2H3,(H,22,24)/t15-,16-/m0/s1. The minimum atomic E-state index is -1.26. The van der Waals surface area contributed by atoms with E-state index in [9.17, 15) is 19.6 Å². The molecule has 148 valence electrons. The van der Waals surface area contributed by atoms with Gasteiger partial charge >= 0.3 is 11.9 Å². The van der Waals surface area contributed by atoms with E-state index >= 15 is 0 Å². The maximum Gasteiger partial charge on any atom is 0.319 e. The van der Waals surface area contributed by atoms with Crippen molar-refractivity contribution >= 4 is 41.2 Å². The molecule has 0 radical (unpaired) electrons. The molecule has 1 N–H and O–H groups in total. The summed E-state index contributed by atoms with van der Waals surface area (Å²) in [6.07, 6.45) is 0. The van der Waals surface area contributed by atoms with E-state index in [-0.39, 0.29) is 29.6 Å². The minimum absolute atomic E-state index is 0.0893. The van der Waals surface area contributed by atoms with Crippen LogP contribution >= 0.6 is 23.4 Å². The number of hydrogen-bond acceptors (Lipinski definition) is 7. The number of amides is 1. The third-order valence-electron chi connectivity index (χ3n) is 3.95. The van der Waals surface area contributed by atoms with Gasteiger partial charge in [0, 0.05) is 10.9 Å². The second-order valence-corrected chi connectivity index (χ2v) is 7.06. The minimum Gasteiger partial charge on any atom is -0.465 e. The first kappa shape index (κ1) is 21.8. The van der Waals surface area contributed by atoms with Gasteiger partial charge < -0.3 is 14.8 Å². The number of benzene rings is 1. The van der Waals surface area contributed by atoms with E-state index in [0.29, 0.717) is 10.6 Å². The molecular formula is C19H19ClN2O5S. The molecule has 0 saturated heterocycles. The molecule has 1 amide bonds. The molecule has 2 atom stereocenters. The Balaban J connectivity index is 2.51. The molecule has 9 heteroatoms. The van der Waals surface area contributed by atoms with E-state index < -0.39 is 29.7 Å². The highest BCUT2D eigenvalue weighted by Crippen LogP contribution is 2.42. The topological polar surface area (TPSA) is 105 Å². The molecule has 2 rings (SSSR count). The van der Waals surface area contributed by atoms with Gasteiger partial charge in [0.15, 0.2) is 0 Å². The molecule has 1 aromatic rings. The van der Waals surface area contributed by atoms with Crippen LogP contribution in [0.25, 0.3) is 0 Å². The van der Waals surface area contributed by atoms with Gasteiger partial charge in [-0.2, -0.15) is 5.26 Å². The quantitative estimate of drug-likeness (QED) is 0.532. The molecule has 7 nitrogen and oxygen atoms in total. The Bertz CT molecular complexity index is 849. The van der Waals surface area contributed by atoms with Crippen LogP contribution in [0, 0.1) is 17.2 Å². The van der Waals surface area contributed by atoms with Crippen LogP contribution in [0.3, 0.4) is 0 Å². The number of esters is 2. The highest BCUT2D eigenvalue weighted by Gasteiger charge is 2.45. The molecule has 1 aromatic carbocycles. The van der Waals surface area contributed by atoms with Crippen LogP contribution in [0.1, 0.15) is 25.3 Å². The summed E-state index contributed by atoms with van der Waals surface area (Å²) in [7, 11) is 0. The number of hydrogen-bond donors (Lipinski definition) is 1. The first-order chi connectivity index (χ1) is 13.4. The third-order valence-corrected chi connectivity index (χ3v) is 5.28. The van der Waals surface area contributed by atoms with E-state index in [1.807, 2.05) is 0 Å². The second kappa shape index (κ2) is 10.2. The molecule has 28 heavy (non-hydrogen) atoms. The lowest BCUT2D eigenvalue weighted by atomic mass is 9.78. The Morgan fingerprint density at radius 1 is 1.25 bits per heavy atom. The van der Waals surface area contributed by atoms with Crippen LogP contribution in [0.15, 0.2) is 34.9 Å². The van der Waals surface area contributed by atoms with Crippen LogP contribution < -0.4 is 5.32 Å². The predicted molar refractivity (Wildman–Crippen MR) is 104 cm³/mol. The van der Waals surface area contributed by atoms with Crippen LogP contribution in [0.4, 0.5) is 0 Å². The van der Waals surface area contributed by atoms with Crippen LogP contribution in [0.2, 0.25) is 5.02 Å². The zero-order valence-electron chi connectivity index (χ0n) is 15.4. The fourth-order valence-electron chi connectivity index (χ4n) is 2.82. The smallest absolute Gasteiger partial charge is 0.319 e. The highest BCUT2D eigenvalue weighted by atomic mass is 35.5. The van der Waals surface area contributed by atoms with Crippen molar-refractivity contribution in [2.45, 2.75) is 19.8 Å². The molecule has 0 saturated carbocycles. The fourth-order valence-corrected chi connectivity index (χ4v) is 3.92.